The van der Waals surface area contributed by atoms with E-state index in [1.54, 1.807) is 0 Å². The summed E-state index contributed by atoms with van der Waals surface area (Å²) in [5, 5.41) is 13.9. The van der Waals surface area contributed by atoms with Gasteiger partial charge in [0.25, 0.3) is 5.91 Å². The van der Waals surface area contributed by atoms with Crippen LogP contribution in [0.2, 0.25) is 0 Å². The summed E-state index contributed by atoms with van der Waals surface area (Å²) in [6.07, 6.45) is 4.33. The molecule has 0 aliphatic carbocycles. The van der Waals surface area contributed by atoms with Crippen molar-refractivity contribution in [2.45, 2.75) is 71.0 Å². The number of amidine groups is 1. The minimum absolute atomic E-state index is 0.0526. The molecule has 4 rings (SSSR count). The second kappa shape index (κ2) is 13.3. The number of rotatable bonds is 14. The first-order valence-corrected chi connectivity index (χ1v) is 14.6. The number of imide groups is 1. The van der Waals surface area contributed by atoms with Gasteiger partial charge in [0.2, 0.25) is 0 Å². The second-order valence-corrected chi connectivity index (χ2v) is 10.6. The van der Waals surface area contributed by atoms with Gasteiger partial charge in [0.05, 0.1) is 6.61 Å². The van der Waals surface area contributed by atoms with Crippen molar-refractivity contribution in [2.24, 2.45) is 4.99 Å². The normalized spacial score (nSPS) is 20.9. The number of hydrogen-bond acceptors (Lipinski definition) is 7. The molecule has 1 saturated heterocycles. The van der Waals surface area contributed by atoms with E-state index in [-0.39, 0.29) is 18.5 Å². The van der Waals surface area contributed by atoms with Crippen molar-refractivity contribution in [2.75, 3.05) is 38.5 Å². The Morgan fingerprint density at radius 2 is 1.70 bits per heavy atom. The third-order valence-corrected chi connectivity index (χ3v) is 8.04. The van der Waals surface area contributed by atoms with Crippen LogP contribution in [0.15, 0.2) is 59.6 Å². The van der Waals surface area contributed by atoms with Crippen molar-refractivity contribution in [3.8, 4) is 0 Å². The van der Waals surface area contributed by atoms with E-state index in [1.165, 1.54) is 4.90 Å². The van der Waals surface area contributed by atoms with Gasteiger partial charge in [-0.2, -0.15) is 0 Å². The Hall–Kier alpha value is -3.43. The number of unbranched alkanes of at least 4 members (excludes halogenated alkanes) is 2. The molecule has 0 radical (unpaired) electrons. The molecule has 9 heteroatoms. The van der Waals surface area contributed by atoms with Gasteiger partial charge < -0.3 is 10.8 Å². The molecular formula is C31H44N6O3. The fourth-order valence-electron chi connectivity index (χ4n) is 5.91. The van der Waals surface area contributed by atoms with Crippen molar-refractivity contribution >= 4 is 23.5 Å². The summed E-state index contributed by atoms with van der Waals surface area (Å²) in [4.78, 5) is 37.0. The molecule has 2 aliphatic heterocycles. The fraction of sp³-hybridized carbons (Fsp3) is 0.516. The Bertz CT molecular complexity index is 1170. The van der Waals surface area contributed by atoms with Gasteiger partial charge in [-0.15, -0.1) is 0 Å². The number of anilines is 1. The lowest BCUT2D eigenvalue weighted by Gasteiger charge is -2.51. The molecule has 216 valence electrons. The average molecular weight is 549 g/mol. The lowest BCUT2D eigenvalue weighted by Crippen LogP contribution is -2.74. The van der Waals surface area contributed by atoms with Crippen LogP contribution in [-0.2, 0) is 17.6 Å². The maximum atomic E-state index is 14.3. The average Bonchev–Trinajstić information content (AvgIpc) is 3.29. The van der Waals surface area contributed by atoms with Gasteiger partial charge in [-0.05, 0) is 42.5 Å². The first-order valence-electron chi connectivity index (χ1n) is 14.6. The van der Waals surface area contributed by atoms with Crippen LogP contribution in [0.1, 0.15) is 57.6 Å². The van der Waals surface area contributed by atoms with Gasteiger partial charge in [0.15, 0.2) is 11.7 Å². The third-order valence-electron chi connectivity index (χ3n) is 8.04. The number of aliphatic imine (C=N–C) groups is 1. The van der Waals surface area contributed by atoms with E-state index >= 15 is 0 Å². The Kier molecular flexibility index (Phi) is 9.81. The molecule has 3 amide bonds. The molecule has 2 aromatic carbocycles. The molecule has 0 spiro atoms. The quantitative estimate of drug-likeness (QED) is 0.274. The number of benzene rings is 2. The number of nitrogens with zero attached hydrogens (tertiary/aromatic N) is 5. The van der Waals surface area contributed by atoms with Gasteiger partial charge in [-0.1, -0.05) is 76.1 Å². The van der Waals surface area contributed by atoms with E-state index < -0.39 is 11.7 Å². The number of hydrogen-bond donors (Lipinski definition) is 2. The highest BCUT2D eigenvalue weighted by molar-refractivity contribution is 6.05. The molecule has 0 saturated carbocycles. The topological polar surface area (TPSA) is 106 Å². The molecule has 2 heterocycles. The number of nitrogen functional groups attached to an aromatic ring is 1. The molecule has 3 N–H and O–H groups in total. The molecule has 40 heavy (non-hydrogen) atoms. The first-order chi connectivity index (χ1) is 19.4. The molecule has 9 nitrogen and oxygen atoms in total. The number of urea groups is 1. The van der Waals surface area contributed by atoms with Gasteiger partial charge >= 0.3 is 6.03 Å². The number of fused-ring (bicyclic) bond motifs is 1. The van der Waals surface area contributed by atoms with E-state index in [4.69, 9.17) is 10.7 Å². The number of carbonyl (C=O) groups is 2. The second-order valence-electron chi connectivity index (χ2n) is 10.6. The van der Waals surface area contributed by atoms with Crippen LogP contribution in [0.4, 0.5) is 10.5 Å². The minimum Gasteiger partial charge on any atom is -0.399 e. The largest absolute Gasteiger partial charge is 0.399 e. The standard InChI is InChI=1S/C31H44N6O3/c1-4-7-11-19-35-29(39)28-31(5-2,36(30(35)40)20-18-24-14-16-26(32)17-15-24)33-27(23-25-12-9-8-10-13-25)37(28)34(6-3)21-22-38/h8-10,12-17,28,38H,4-7,11,18-23,32H2,1-3H3. The molecule has 2 aliphatic rings. The van der Waals surface area contributed by atoms with Crippen molar-refractivity contribution < 1.29 is 14.7 Å². The molecule has 2 aromatic rings. The Labute approximate surface area is 238 Å². The summed E-state index contributed by atoms with van der Waals surface area (Å²) in [6.45, 7) is 7.83. The Morgan fingerprint density at radius 1 is 0.975 bits per heavy atom. The Balaban J connectivity index is 1.79. The zero-order valence-corrected chi connectivity index (χ0v) is 24.1. The molecule has 0 aromatic heterocycles. The number of aliphatic hydroxyl groups excluding tert-OH is 1. The van der Waals surface area contributed by atoms with Crippen LogP contribution in [0, 0.1) is 0 Å². The highest BCUT2D eigenvalue weighted by Crippen LogP contribution is 2.42. The first kappa shape index (κ1) is 29.6. The summed E-state index contributed by atoms with van der Waals surface area (Å²) in [7, 11) is 0. The third kappa shape index (κ3) is 5.86. The number of likely N-dealkylation sites (N-methyl/N-ethyl adjacent to an activating group) is 1. The van der Waals surface area contributed by atoms with E-state index in [1.807, 2.05) is 83.4 Å². The summed E-state index contributed by atoms with van der Waals surface area (Å²) in [5.74, 6) is 0.525. The highest BCUT2D eigenvalue weighted by atomic mass is 16.3. The maximum Gasteiger partial charge on any atom is 0.328 e. The molecule has 0 bridgehead atoms. The number of amides is 3. The molecule has 2 atom stereocenters. The Morgan fingerprint density at radius 3 is 2.33 bits per heavy atom. The van der Waals surface area contributed by atoms with Gasteiger partial charge in [0.1, 0.15) is 5.84 Å². The van der Waals surface area contributed by atoms with Crippen LogP contribution < -0.4 is 5.73 Å². The van der Waals surface area contributed by atoms with E-state index in [0.717, 1.165) is 36.2 Å². The van der Waals surface area contributed by atoms with E-state index in [0.29, 0.717) is 51.1 Å². The summed E-state index contributed by atoms with van der Waals surface area (Å²) >= 11 is 0. The van der Waals surface area contributed by atoms with Crippen LogP contribution in [-0.4, -0.2) is 87.2 Å². The van der Waals surface area contributed by atoms with E-state index in [2.05, 4.69) is 6.92 Å². The zero-order valence-electron chi connectivity index (χ0n) is 24.1. The zero-order chi connectivity index (χ0) is 28.7. The van der Waals surface area contributed by atoms with Crippen molar-refractivity contribution in [3.05, 3.63) is 65.7 Å². The fourth-order valence-corrected chi connectivity index (χ4v) is 5.91. The highest BCUT2D eigenvalue weighted by Gasteiger charge is 2.62. The number of nitrogens with two attached hydrogens (primary N) is 1. The smallest absolute Gasteiger partial charge is 0.328 e. The maximum absolute atomic E-state index is 14.3. The SMILES string of the molecule is CCCCCN1C(=O)C2N(N(CC)CCO)C(Cc3ccccc3)=NC2(CC)N(CCc2ccc(N)cc2)C1=O. The monoisotopic (exact) mass is 548 g/mol. The van der Waals surface area contributed by atoms with Crippen LogP contribution >= 0.6 is 0 Å². The molecule has 2 unspecified atom stereocenters. The van der Waals surface area contributed by atoms with Crippen LogP contribution in [0.25, 0.3) is 0 Å². The molecule has 1 fully saturated rings. The number of hydrazine groups is 1. The van der Waals surface area contributed by atoms with Gasteiger partial charge in [-0.3, -0.25) is 19.6 Å². The number of carbonyl (C=O) groups excluding carboxylic acids is 2. The van der Waals surface area contributed by atoms with Gasteiger partial charge in [-0.25, -0.2) is 14.8 Å². The number of aliphatic hydroxyl groups is 1. The van der Waals surface area contributed by atoms with Crippen molar-refractivity contribution in [1.82, 2.24) is 19.8 Å². The van der Waals surface area contributed by atoms with E-state index in [9.17, 15) is 14.7 Å². The van der Waals surface area contributed by atoms with Gasteiger partial charge in [0, 0.05) is 38.3 Å². The van der Waals surface area contributed by atoms with Crippen LogP contribution in [0.3, 0.4) is 0 Å². The lowest BCUT2D eigenvalue weighted by molar-refractivity contribution is -0.151. The van der Waals surface area contributed by atoms with Crippen molar-refractivity contribution in [3.63, 3.8) is 0 Å². The van der Waals surface area contributed by atoms with Crippen molar-refractivity contribution in [1.29, 1.82) is 0 Å². The summed E-state index contributed by atoms with van der Waals surface area (Å²) in [6, 6.07) is 16.8. The molecular weight excluding hydrogens is 504 g/mol. The predicted molar refractivity (Wildman–Crippen MR) is 158 cm³/mol. The lowest BCUT2D eigenvalue weighted by atomic mass is 9.91. The van der Waals surface area contributed by atoms with Crippen LogP contribution in [0.5, 0.6) is 0 Å². The summed E-state index contributed by atoms with van der Waals surface area (Å²) < 4.78 is 0. The summed E-state index contributed by atoms with van der Waals surface area (Å²) in [5.41, 5.74) is 7.69. The minimum atomic E-state index is -1.05. The predicted octanol–water partition coefficient (Wildman–Crippen LogP) is 3.93.